The van der Waals surface area contributed by atoms with Crippen LogP contribution in [0.1, 0.15) is 24.3 Å². The number of halogens is 1. The molecule has 3 aromatic rings. The van der Waals surface area contributed by atoms with E-state index in [1.165, 1.54) is 16.6 Å². The number of aromatic nitrogens is 2. The van der Waals surface area contributed by atoms with Crippen molar-refractivity contribution in [3.63, 3.8) is 0 Å². The maximum atomic E-state index is 6.30. The second-order valence-corrected chi connectivity index (χ2v) is 6.09. The van der Waals surface area contributed by atoms with Gasteiger partial charge in [-0.3, -0.25) is 0 Å². The maximum absolute atomic E-state index is 6.30. The van der Waals surface area contributed by atoms with E-state index in [1.54, 1.807) is 11.3 Å². The van der Waals surface area contributed by atoms with Crippen molar-refractivity contribution in [2.45, 2.75) is 19.4 Å². The average molecular weight is 310 g/mol. The zero-order valence-electron chi connectivity index (χ0n) is 10.3. The van der Waals surface area contributed by atoms with Crippen LogP contribution >= 0.6 is 34.7 Å². The lowest BCUT2D eigenvalue weighted by atomic mass is 10.1. The highest BCUT2D eigenvalue weighted by Gasteiger charge is 2.15. The number of thiophene rings is 1. The molecule has 2 aromatic heterocycles. The van der Waals surface area contributed by atoms with E-state index < -0.39 is 0 Å². The van der Waals surface area contributed by atoms with E-state index in [4.69, 9.17) is 11.6 Å². The molecule has 3 rings (SSSR count). The first-order valence-electron chi connectivity index (χ1n) is 6.00. The summed E-state index contributed by atoms with van der Waals surface area (Å²) in [5, 5.41) is 6.29. The lowest BCUT2D eigenvalue weighted by molar-refractivity contribution is 0.765. The molecule has 0 saturated carbocycles. The normalized spacial score (nSPS) is 12.7. The predicted molar refractivity (Wildman–Crippen MR) is 83.4 cm³/mol. The molecule has 0 aliphatic carbocycles. The van der Waals surface area contributed by atoms with Gasteiger partial charge in [-0.2, -0.15) is 8.75 Å². The summed E-state index contributed by atoms with van der Waals surface area (Å²) in [6, 6.07) is 8.23. The van der Waals surface area contributed by atoms with E-state index in [0.29, 0.717) is 5.02 Å². The summed E-state index contributed by atoms with van der Waals surface area (Å²) >= 11 is 9.26. The third-order valence-electron chi connectivity index (χ3n) is 2.99. The van der Waals surface area contributed by atoms with Crippen molar-refractivity contribution in [1.82, 2.24) is 8.75 Å². The van der Waals surface area contributed by atoms with Gasteiger partial charge in [-0.1, -0.05) is 24.6 Å². The van der Waals surface area contributed by atoms with Gasteiger partial charge in [-0.25, -0.2) is 0 Å². The maximum Gasteiger partial charge on any atom is 0.129 e. The van der Waals surface area contributed by atoms with Gasteiger partial charge in [-0.15, -0.1) is 11.3 Å². The molecular weight excluding hydrogens is 298 g/mol. The average Bonchev–Trinajstić information content (AvgIpc) is 3.08. The molecule has 19 heavy (non-hydrogen) atoms. The minimum Gasteiger partial charge on any atom is -0.374 e. The van der Waals surface area contributed by atoms with Gasteiger partial charge in [0.25, 0.3) is 0 Å². The van der Waals surface area contributed by atoms with Crippen LogP contribution in [0.2, 0.25) is 5.02 Å². The number of nitrogens with one attached hydrogen (secondary N) is 1. The third-order valence-corrected chi connectivity index (χ3v) is 4.83. The Morgan fingerprint density at radius 1 is 1.32 bits per heavy atom. The zero-order chi connectivity index (χ0) is 13.2. The van der Waals surface area contributed by atoms with Gasteiger partial charge in [0.15, 0.2) is 0 Å². The highest BCUT2D eigenvalue weighted by Crippen LogP contribution is 2.34. The Balaban J connectivity index is 2.00. The van der Waals surface area contributed by atoms with Gasteiger partial charge in [0, 0.05) is 4.88 Å². The van der Waals surface area contributed by atoms with Crippen LogP contribution in [0.4, 0.5) is 5.69 Å². The van der Waals surface area contributed by atoms with Crippen LogP contribution in [0.5, 0.6) is 0 Å². The fourth-order valence-corrected chi connectivity index (χ4v) is 3.61. The molecule has 0 amide bonds. The van der Waals surface area contributed by atoms with Gasteiger partial charge < -0.3 is 5.32 Å². The Hall–Kier alpha value is -1.17. The summed E-state index contributed by atoms with van der Waals surface area (Å²) in [6.07, 6.45) is 0.991. The molecule has 0 radical (unpaired) electrons. The van der Waals surface area contributed by atoms with Crippen LogP contribution < -0.4 is 5.32 Å². The standard InChI is InChI=1S/C13H12ClN3S2/c1-2-9(11-4-3-7-18-11)15-12-8(14)5-6-10-13(12)17-19-16-10/h3-7,9,15H,2H2,1H3. The molecule has 3 nitrogen and oxygen atoms in total. The fourth-order valence-electron chi connectivity index (χ4n) is 2.00. The van der Waals surface area contributed by atoms with E-state index in [2.05, 4.69) is 38.5 Å². The van der Waals surface area contributed by atoms with Crippen molar-refractivity contribution < 1.29 is 0 Å². The summed E-state index contributed by atoms with van der Waals surface area (Å²) in [5.74, 6) is 0. The molecule has 1 aromatic carbocycles. The van der Waals surface area contributed by atoms with Crippen LogP contribution in [-0.4, -0.2) is 8.75 Å². The molecule has 0 bridgehead atoms. The van der Waals surface area contributed by atoms with Crippen LogP contribution in [0.25, 0.3) is 11.0 Å². The van der Waals surface area contributed by atoms with Crippen LogP contribution in [0, 0.1) is 0 Å². The summed E-state index contributed by atoms with van der Waals surface area (Å²) in [7, 11) is 0. The fraction of sp³-hybridized carbons (Fsp3) is 0.231. The molecule has 98 valence electrons. The highest BCUT2D eigenvalue weighted by atomic mass is 35.5. The number of hydrogen-bond donors (Lipinski definition) is 1. The first-order valence-corrected chi connectivity index (χ1v) is 7.99. The van der Waals surface area contributed by atoms with E-state index in [9.17, 15) is 0 Å². The monoisotopic (exact) mass is 309 g/mol. The Morgan fingerprint density at radius 3 is 2.95 bits per heavy atom. The predicted octanol–water partition coefficient (Wildman–Crippen LogP) is 4.97. The molecule has 1 atom stereocenters. The molecule has 0 aliphatic heterocycles. The molecule has 0 fully saturated rings. The Bertz CT molecular complexity index is 678. The number of anilines is 1. The van der Waals surface area contributed by atoms with Gasteiger partial charge in [-0.05, 0) is 30.0 Å². The number of benzene rings is 1. The minimum absolute atomic E-state index is 0.254. The summed E-state index contributed by atoms with van der Waals surface area (Å²) < 4.78 is 8.59. The van der Waals surface area contributed by atoms with Crippen molar-refractivity contribution in [3.05, 3.63) is 39.5 Å². The summed E-state index contributed by atoms with van der Waals surface area (Å²) in [4.78, 5) is 1.30. The number of hydrogen-bond acceptors (Lipinski definition) is 5. The van der Waals surface area contributed by atoms with Gasteiger partial charge in [0.2, 0.25) is 0 Å². The third kappa shape index (κ3) is 2.45. The first-order chi connectivity index (χ1) is 9.29. The van der Waals surface area contributed by atoms with Crippen molar-refractivity contribution in [2.75, 3.05) is 5.32 Å². The van der Waals surface area contributed by atoms with Crippen LogP contribution in [0.15, 0.2) is 29.6 Å². The Kier molecular flexibility index (Phi) is 3.68. The zero-order valence-corrected chi connectivity index (χ0v) is 12.6. The lowest BCUT2D eigenvalue weighted by Gasteiger charge is -2.18. The molecule has 0 saturated heterocycles. The molecule has 2 heterocycles. The second-order valence-electron chi connectivity index (χ2n) is 4.17. The molecule has 6 heteroatoms. The molecule has 0 aliphatic rings. The van der Waals surface area contributed by atoms with E-state index in [0.717, 1.165) is 23.1 Å². The molecule has 1 N–H and O–H groups in total. The van der Waals surface area contributed by atoms with Crippen molar-refractivity contribution in [3.8, 4) is 0 Å². The SMILES string of the molecule is CCC(Nc1c(Cl)ccc2nsnc12)c1cccs1. The van der Waals surface area contributed by atoms with E-state index in [-0.39, 0.29) is 6.04 Å². The smallest absolute Gasteiger partial charge is 0.129 e. The Morgan fingerprint density at radius 2 is 2.21 bits per heavy atom. The lowest BCUT2D eigenvalue weighted by Crippen LogP contribution is -2.08. The summed E-state index contributed by atoms with van der Waals surface area (Å²) in [5.41, 5.74) is 2.62. The largest absolute Gasteiger partial charge is 0.374 e. The molecule has 1 unspecified atom stereocenters. The van der Waals surface area contributed by atoms with Gasteiger partial charge in [0.05, 0.1) is 28.5 Å². The van der Waals surface area contributed by atoms with Gasteiger partial charge >= 0.3 is 0 Å². The summed E-state index contributed by atoms with van der Waals surface area (Å²) in [6.45, 7) is 2.16. The number of nitrogens with zero attached hydrogens (tertiary/aromatic N) is 2. The van der Waals surface area contributed by atoms with Crippen molar-refractivity contribution >= 4 is 51.4 Å². The molecular formula is C13H12ClN3S2. The Labute approximate surface area is 124 Å². The first kappa shape index (κ1) is 12.8. The molecule has 0 spiro atoms. The van der Waals surface area contributed by atoms with Crippen LogP contribution in [0.3, 0.4) is 0 Å². The second kappa shape index (κ2) is 5.45. The number of fused-ring (bicyclic) bond motifs is 1. The number of rotatable bonds is 4. The van der Waals surface area contributed by atoms with Crippen molar-refractivity contribution in [2.24, 2.45) is 0 Å². The van der Waals surface area contributed by atoms with Crippen molar-refractivity contribution in [1.29, 1.82) is 0 Å². The minimum atomic E-state index is 0.254. The van der Waals surface area contributed by atoms with E-state index in [1.807, 2.05) is 12.1 Å². The topological polar surface area (TPSA) is 37.8 Å². The highest BCUT2D eigenvalue weighted by molar-refractivity contribution is 7.10. The van der Waals surface area contributed by atoms with E-state index >= 15 is 0 Å². The quantitative estimate of drug-likeness (QED) is 0.739. The van der Waals surface area contributed by atoms with Crippen LogP contribution in [-0.2, 0) is 0 Å². The van der Waals surface area contributed by atoms with Gasteiger partial charge in [0.1, 0.15) is 11.0 Å².